The predicted octanol–water partition coefficient (Wildman–Crippen LogP) is 1.79. The first kappa shape index (κ1) is 14.3. The maximum atomic E-state index is 11.6. The first-order chi connectivity index (χ1) is 8.67. The highest BCUT2D eigenvalue weighted by atomic mass is 16.2. The molecule has 2 N–H and O–H groups in total. The Labute approximate surface area is 109 Å². The summed E-state index contributed by atoms with van der Waals surface area (Å²) >= 11 is 0. The third-order valence-electron chi connectivity index (χ3n) is 2.66. The van der Waals surface area contributed by atoms with Crippen molar-refractivity contribution in [2.75, 3.05) is 37.3 Å². The summed E-state index contributed by atoms with van der Waals surface area (Å²) in [7, 11) is 1.80. The lowest BCUT2D eigenvalue weighted by Crippen LogP contribution is -2.31. The lowest BCUT2D eigenvalue weighted by atomic mass is 10.3. The van der Waals surface area contributed by atoms with Crippen molar-refractivity contribution < 1.29 is 4.79 Å². The molecular formula is C13H22N4O. The second kappa shape index (κ2) is 7.53. The van der Waals surface area contributed by atoms with E-state index in [0.29, 0.717) is 6.54 Å². The second-order valence-corrected chi connectivity index (χ2v) is 4.12. The Hall–Kier alpha value is -1.78. The summed E-state index contributed by atoms with van der Waals surface area (Å²) in [6.07, 6.45) is 2.79. The van der Waals surface area contributed by atoms with Crippen molar-refractivity contribution in [3.05, 3.63) is 18.3 Å². The topological polar surface area (TPSA) is 57.3 Å². The van der Waals surface area contributed by atoms with Crippen LogP contribution in [-0.4, -0.2) is 42.5 Å². The van der Waals surface area contributed by atoms with Crippen molar-refractivity contribution in [3.8, 4) is 0 Å². The van der Waals surface area contributed by atoms with Gasteiger partial charge in [-0.1, -0.05) is 6.92 Å². The fraction of sp³-hybridized carbons (Fsp3) is 0.538. The maximum Gasteiger partial charge on any atom is 0.241 e. The van der Waals surface area contributed by atoms with Crippen LogP contribution in [0.25, 0.3) is 0 Å². The molecule has 5 heteroatoms. The molecule has 0 fully saturated rings. The number of amides is 1. The number of carbonyl (C=O) groups excluding carboxylic acids is 1. The van der Waals surface area contributed by atoms with E-state index in [-0.39, 0.29) is 5.91 Å². The van der Waals surface area contributed by atoms with E-state index in [1.54, 1.807) is 18.1 Å². The van der Waals surface area contributed by atoms with E-state index in [0.717, 1.165) is 31.0 Å². The summed E-state index contributed by atoms with van der Waals surface area (Å²) in [5.74, 6) is 0.913. The Balaban J connectivity index is 2.49. The van der Waals surface area contributed by atoms with E-state index in [4.69, 9.17) is 0 Å². The average Bonchev–Trinajstić information content (AvgIpc) is 2.42. The molecule has 18 heavy (non-hydrogen) atoms. The van der Waals surface area contributed by atoms with Gasteiger partial charge in [0.2, 0.25) is 5.91 Å². The quantitative estimate of drug-likeness (QED) is 0.774. The Kier molecular flexibility index (Phi) is 5.97. The van der Waals surface area contributed by atoms with Gasteiger partial charge in [0.05, 0.1) is 6.54 Å². The van der Waals surface area contributed by atoms with Crippen molar-refractivity contribution in [2.24, 2.45) is 0 Å². The molecule has 0 aromatic carbocycles. The molecule has 0 bridgehead atoms. The Bertz CT molecular complexity index is 381. The number of nitrogens with zero attached hydrogens (tertiary/aromatic N) is 2. The molecule has 1 heterocycles. The van der Waals surface area contributed by atoms with Gasteiger partial charge in [-0.15, -0.1) is 0 Å². The maximum absolute atomic E-state index is 11.6. The van der Waals surface area contributed by atoms with Gasteiger partial charge in [-0.2, -0.15) is 0 Å². The first-order valence-electron chi connectivity index (χ1n) is 6.35. The summed E-state index contributed by atoms with van der Waals surface area (Å²) in [6, 6.07) is 3.77. The predicted molar refractivity (Wildman–Crippen MR) is 74.8 cm³/mol. The second-order valence-electron chi connectivity index (χ2n) is 4.12. The molecule has 0 aliphatic heterocycles. The largest absolute Gasteiger partial charge is 0.376 e. The number of rotatable bonds is 7. The van der Waals surface area contributed by atoms with Crippen LogP contribution >= 0.6 is 0 Å². The minimum absolute atomic E-state index is 0.0809. The van der Waals surface area contributed by atoms with Gasteiger partial charge in [0.15, 0.2) is 0 Å². The van der Waals surface area contributed by atoms with Crippen LogP contribution in [0.1, 0.15) is 20.3 Å². The minimum Gasteiger partial charge on any atom is -0.376 e. The molecule has 0 saturated carbocycles. The molecule has 5 nitrogen and oxygen atoms in total. The van der Waals surface area contributed by atoms with Gasteiger partial charge < -0.3 is 15.5 Å². The Morgan fingerprint density at radius 3 is 2.83 bits per heavy atom. The minimum atomic E-state index is 0.0809. The molecule has 0 unspecified atom stereocenters. The average molecular weight is 250 g/mol. The highest BCUT2D eigenvalue weighted by Gasteiger charge is 2.05. The summed E-state index contributed by atoms with van der Waals surface area (Å²) in [5, 5.41) is 6.32. The number of hydrogen-bond donors (Lipinski definition) is 2. The smallest absolute Gasteiger partial charge is 0.241 e. The summed E-state index contributed by atoms with van der Waals surface area (Å²) in [5.41, 5.74) is 0.904. The normalized spacial score (nSPS) is 9.94. The Morgan fingerprint density at radius 1 is 1.39 bits per heavy atom. The molecule has 0 saturated heterocycles. The van der Waals surface area contributed by atoms with Crippen molar-refractivity contribution >= 4 is 17.4 Å². The number of pyridine rings is 1. The standard InChI is InChI=1S/C13H22N4O/c1-4-7-14-12-9-11(6-8-15-12)16-10-13(18)17(3)5-2/h6,8-9H,4-5,7,10H2,1-3H3,(H2,14,15,16). The molecule has 1 aromatic heterocycles. The molecule has 1 amide bonds. The highest BCUT2D eigenvalue weighted by molar-refractivity contribution is 5.80. The van der Waals surface area contributed by atoms with Crippen LogP contribution in [0.4, 0.5) is 11.5 Å². The third kappa shape index (κ3) is 4.61. The number of aromatic nitrogens is 1. The van der Waals surface area contributed by atoms with Crippen LogP contribution in [0.5, 0.6) is 0 Å². The molecule has 1 rings (SSSR count). The first-order valence-corrected chi connectivity index (χ1v) is 6.35. The molecular weight excluding hydrogens is 228 g/mol. The molecule has 0 radical (unpaired) electrons. The van der Waals surface area contributed by atoms with Gasteiger partial charge in [-0.3, -0.25) is 4.79 Å². The van der Waals surface area contributed by atoms with Crippen molar-refractivity contribution in [1.29, 1.82) is 0 Å². The zero-order valence-electron chi connectivity index (χ0n) is 11.4. The van der Waals surface area contributed by atoms with Gasteiger partial charge in [-0.05, 0) is 19.4 Å². The van der Waals surface area contributed by atoms with Gasteiger partial charge in [0, 0.05) is 38.1 Å². The number of nitrogens with one attached hydrogen (secondary N) is 2. The van der Waals surface area contributed by atoms with Gasteiger partial charge >= 0.3 is 0 Å². The lowest BCUT2D eigenvalue weighted by molar-refractivity contribution is -0.127. The van der Waals surface area contributed by atoms with E-state index in [1.165, 1.54) is 0 Å². The fourth-order valence-electron chi connectivity index (χ4n) is 1.38. The molecule has 100 valence electrons. The summed E-state index contributed by atoms with van der Waals surface area (Å²) in [6.45, 7) is 5.99. The number of carbonyl (C=O) groups is 1. The zero-order chi connectivity index (χ0) is 13.4. The fourth-order valence-corrected chi connectivity index (χ4v) is 1.38. The monoisotopic (exact) mass is 250 g/mol. The number of anilines is 2. The zero-order valence-corrected chi connectivity index (χ0v) is 11.4. The van der Waals surface area contributed by atoms with Crippen LogP contribution in [0.2, 0.25) is 0 Å². The van der Waals surface area contributed by atoms with E-state index in [9.17, 15) is 4.79 Å². The van der Waals surface area contributed by atoms with E-state index in [1.807, 2.05) is 19.1 Å². The van der Waals surface area contributed by atoms with Crippen LogP contribution in [-0.2, 0) is 4.79 Å². The third-order valence-corrected chi connectivity index (χ3v) is 2.66. The molecule has 0 aliphatic carbocycles. The van der Waals surface area contributed by atoms with Gasteiger partial charge in [-0.25, -0.2) is 4.98 Å². The molecule has 0 atom stereocenters. The van der Waals surface area contributed by atoms with Crippen molar-refractivity contribution in [3.63, 3.8) is 0 Å². The van der Waals surface area contributed by atoms with Crippen molar-refractivity contribution in [1.82, 2.24) is 9.88 Å². The van der Waals surface area contributed by atoms with Crippen molar-refractivity contribution in [2.45, 2.75) is 20.3 Å². The summed E-state index contributed by atoms with van der Waals surface area (Å²) in [4.78, 5) is 17.5. The highest BCUT2D eigenvalue weighted by Crippen LogP contribution is 2.11. The van der Waals surface area contributed by atoms with E-state index in [2.05, 4.69) is 22.5 Å². The molecule has 0 aliphatic rings. The van der Waals surface area contributed by atoms with Crippen LogP contribution in [0, 0.1) is 0 Å². The Morgan fingerprint density at radius 2 is 2.17 bits per heavy atom. The SMILES string of the molecule is CCCNc1cc(NCC(=O)N(C)CC)ccn1. The van der Waals surface area contributed by atoms with E-state index >= 15 is 0 Å². The van der Waals surface area contributed by atoms with Crippen LogP contribution < -0.4 is 10.6 Å². The van der Waals surface area contributed by atoms with E-state index < -0.39 is 0 Å². The van der Waals surface area contributed by atoms with Crippen LogP contribution in [0.3, 0.4) is 0 Å². The molecule has 1 aromatic rings. The lowest BCUT2D eigenvalue weighted by Gasteiger charge is -2.15. The molecule has 0 spiro atoms. The number of hydrogen-bond acceptors (Lipinski definition) is 4. The number of likely N-dealkylation sites (N-methyl/N-ethyl adjacent to an activating group) is 1. The van der Waals surface area contributed by atoms with Gasteiger partial charge in [0.1, 0.15) is 5.82 Å². The van der Waals surface area contributed by atoms with Gasteiger partial charge in [0.25, 0.3) is 0 Å². The van der Waals surface area contributed by atoms with Crippen LogP contribution in [0.15, 0.2) is 18.3 Å². The summed E-state index contributed by atoms with van der Waals surface area (Å²) < 4.78 is 0.